The number of rotatable bonds is 3. The molecule has 0 saturated heterocycles. The molecule has 0 aliphatic carbocycles. The Bertz CT molecular complexity index is 630. The van der Waals surface area contributed by atoms with Crippen molar-refractivity contribution in [2.75, 3.05) is 19.4 Å². The number of H-pyrrole nitrogens is 1. The van der Waals surface area contributed by atoms with Crippen LogP contribution in [0.25, 0.3) is 0 Å². The summed E-state index contributed by atoms with van der Waals surface area (Å²) in [5.74, 6) is 0.159. The van der Waals surface area contributed by atoms with Crippen LogP contribution in [0.5, 0.6) is 0 Å². The largest absolute Gasteiger partial charge is 0.345 e. The molecule has 7 nitrogen and oxygen atoms in total. The monoisotopic (exact) mass is 273 g/mol. The van der Waals surface area contributed by atoms with Gasteiger partial charge in [0.05, 0.1) is 0 Å². The standard InChI is InChI=1S/C13H15N5O2/c1-8-14-11(17-16-8)12(19)15-10-6-4-9(5-7-10)13(20)18(2)3/h4-7H,1-3H3,(H,15,19)(H,14,16,17). The van der Waals surface area contributed by atoms with Crippen molar-refractivity contribution >= 4 is 17.5 Å². The normalized spacial score (nSPS) is 10.2. The first-order chi connectivity index (χ1) is 9.47. The van der Waals surface area contributed by atoms with Crippen LogP contribution < -0.4 is 5.32 Å². The van der Waals surface area contributed by atoms with Crippen molar-refractivity contribution in [2.24, 2.45) is 0 Å². The van der Waals surface area contributed by atoms with Gasteiger partial charge in [-0.3, -0.25) is 14.7 Å². The lowest BCUT2D eigenvalue weighted by molar-refractivity contribution is 0.0827. The maximum atomic E-state index is 11.8. The van der Waals surface area contributed by atoms with E-state index in [-0.39, 0.29) is 11.7 Å². The molecule has 0 fully saturated rings. The molecule has 1 aromatic heterocycles. The fourth-order valence-corrected chi connectivity index (χ4v) is 1.59. The summed E-state index contributed by atoms with van der Waals surface area (Å²) in [6.45, 7) is 1.71. The molecule has 104 valence electrons. The van der Waals surface area contributed by atoms with Crippen LogP contribution in [-0.4, -0.2) is 46.0 Å². The van der Waals surface area contributed by atoms with Gasteiger partial charge in [-0.2, -0.15) is 0 Å². The van der Waals surface area contributed by atoms with Gasteiger partial charge in [0.15, 0.2) is 0 Å². The number of aryl methyl sites for hydroxylation is 1. The van der Waals surface area contributed by atoms with Crippen LogP contribution in [0.15, 0.2) is 24.3 Å². The molecule has 2 rings (SSSR count). The van der Waals surface area contributed by atoms with E-state index in [1.165, 1.54) is 4.90 Å². The van der Waals surface area contributed by atoms with Gasteiger partial charge >= 0.3 is 0 Å². The molecule has 0 bridgehead atoms. The van der Waals surface area contributed by atoms with Crippen molar-refractivity contribution in [3.8, 4) is 0 Å². The predicted octanol–water partition coefficient (Wildman–Crippen LogP) is 1.07. The number of nitrogens with one attached hydrogen (secondary N) is 2. The van der Waals surface area contributed by atoms with Crippen LogP contribution >= 0.6 is 0 Å². The second-order valence-corrected chi connectivity index (χ2v) is 4.48. The number of carbonyl (C=O) groups is 2. The Hall–Kier alpha value is -2.70. The number of nitrogens with zero attached hydrogens (tertiary/aromatic N) is 3. The first kappa shape index (κ1) is 13.7. The number of aromatic amines is 1. The van der Waals surface area contributed by atoms with Crippen molar-refractivity contribution in [3.63, 3.8) is 0 Å². The van der Waals surface area contributed by atoms with Gasteiger partial charge in [0, 0.05) is 25.3 Å². The van der Waals surface area contributed by atoms with Gasteiger partial charge in [0.25, 0.3) is 11.8 Å². The highest BCUT2D eigenvalue weighted by Crippen LogP contribution is 2.11. The van der Waals surface area contributed by atoms with Crippen LogP contribution in [0, 0.1) is 6.92 Å². The molecule has 7 heteroatoms. The van der Waals surface area contributed by atoms with Gasteiger partial charge in [0.2, 0.25) is 5.82 Å². The van der Waals surface area contributed by atoms with Crippen molar-refractivity contribution < 1.29 is 9.59 Å². The van der Waals surface area contributed by atoms with E-state index < -0.39 is 5.91 Å². The van der Waals surface area contributed by atoms with Gasteiger partial charge < -0.3 is 10.2 Å². The second-order valence-electron chi connectivity index (χ2n) is 4.48. The van der Waals surface area contributed by atoms with Gasteiger partial charge in [0.1, 0.15) is 5.82 Å². The van der Waals surface area contributed by atoms with Crippen molar-refractivity contribution in [1.82, 2.24) is 20.1 Å². The SMILES string of the molecule is Cc1nc(C(=O)Nc2ccc(C(=O)N(C)C)cc2)n[nH]1. The Morgan fingerprint density at radius 1 is 1.20 bits per heavy atom. The highest BCUT2D eigenvalue weighted by atomic mass is 16.2. The average Bonchev–Trinajstić information content (AvgIpc) is 2.85. The van der Waals surface area contributed by atoms with Crippen LogP contribution in [0.4, 0.5) is 5.69 Å². The van der Waals surface area contributed by atoms with Gasteiger partial charge in [-0.15, -0.1) is 5.10 Å². The molecule has 2 amide bonds. The van der Waals surface area contributed by atoms with E-state index in [0.717, 1.165) is 0 Å². The zero-order valence-electron chi connectivity index (χ0n) is 11.5. The first-order valence-electron chi connectivity index (χ1n) is 5.99. The number of hydrogen-bond acceptors (Lipinski definition) is 4. The number of hydrogen-bond donors (Lipinski definition) is 2. The zero-order valence-corrected chi connectivity index (χ0v) is 11.5. The maximum Gasteiger partial charge on any atom is 0.295 e. The smallest absolute Gasteiger partial charge is 0.295 e. The van der Waals surface area contributed by atoms with Crippen LogP contribution in [0.3, 0.4) is 0 Å². The minimum Gasteiger partial charge on any atom is -0.345 e. The fraction of sp³-hybridized carbons (Fsp3) is 0.231. The summed E-state index contributed by atoms with van der Waals surface area (Å²) < 4.78 is 0. The predicted molar refractivity (Wildman–Crippen MR) is 73.5 cm³/mol. The lowest BCUT2D eigenvalue weighted by Crippen LogP contribution is -2.21. The Balaban J connectivity index is 2.07. The van der Waals surface area contributed by atoms with E-state index >= 15 is 0 Å². The molecule has 0 aliphatic rings. The summed E-state index contributed by atoms with van der Waals surface area (Å²) in [4.78, 5) is 29.0. The van der Waals surface area contributed by atoms with Gasteiger partial charge in [-0.05, 0) is 31.2 Å². The molecular weight excluding hydrogens is 258 g/mol. The van der Waals surface area contributed by atoms with E-state index in [0.29, 0.717) is 17.1 Å². The number of benzene rings is 1. The molecular formula is C13H15N5O2. The molecule has 0 unspecified atom stereocenters. The van der Waals surface area contributed by atoms with Crippen molar-refractivity contribution in [1.29, 1.82) is 0 Å². The zero-order chi connectivity index (χ0) is 14.7. The van der Waals surface area contributed by atoms with Gasteiger partial charge in [-0.25, -0.2) is 4.98 Å². The van der Waals surface area contributed by atoms with Crippen LogP contribution in [0.1, 0.15) is 26.8 Å². The highest BCUT2D eigenvalue weighted by Gasteiger charge is 2.12. The van der Waals surface area contributed by atoms with E-state index in [4.69, 9.17) is 0 Å². The van der Waals surface area contributed by atoms with E-state index in [1.807, 2.05) is 0 Å². The summed E-state index contributed by atoms with van der Waals surface area (Å²) >= 11 is 0. The minimum atomic E-state index is -0.402. The first-order valence-corrected chi connectivity index (χ1v) is 5.99. The second kappa shape index (κ2) is 5.52. The summed E-state index contributed by atoms with van der Waals surface area (Å²) in [6, 6.07) is 6.63. The summed E-state index contributed by atoms with van der Waals surface area (Å²) in [5, 5.41) is 9.03. The average molecular weight is 273 g/mol. The molecule has 2 aromatic rings. The number of anilines is 1. The van der Waals surface area contributed by atoms with E-state index in [2.05, 4.69) is 20.5 Å². The molecule has 0 spiro atoms. The maximum absolute atomic E-state index is 11.8. The third-order valence-electron chi connectivity index (χ3n) is 2.60. The number of amides is 2. The van der Waals surface area contributed by atoms with Crippen molar-refractivity contribution in [2.45, 2.75) is 6.92 Å². The Morgan fingerprint density at radius 2 is 1.85 bits per heavy atom. The quantitative estimate of drug-likeness (QED) is 0.875. The third-order valence-corrected chi connectivity index (χ3v) is 2.60. The van der Waals surface area contributed by atoms with E-state index in [9.17, 15) is 9.59 Å². The Kier molecular flexibility index (Phi) is 3.79. The van der Waals surface area contributed by atoms with Gasteiger partial charge in [-0.1, -0.05) is 0 Å². The highest BCUT2D eigenvalue weighted by molar-refractivity contribution is 6.02. The topological polar surface area (TPSA) is 91.0 Å². The molecule has 0 atom stereocenters. The lowest BCUT2D eigenvalue weighted by atomic mass is 10.2. The van der Waals surface area contributed by atoms with E-state index in [1.54, 1.807) is 45.3 Å². The third kappa shape index (κ3) is 3.00. The summed E-state index contributed by atoms with van der Waals surface area (Å²) in [5.41, 5.74) is 1.13. The van der Waals surface area contributed by atoms with Crippen molar-refractivity contribution in [3.05, 3.63) is 41.5 Å². The number of carbonyl (C=O) groups excluding carboxylic acids is 2. The Labute approximate surface area is 116 Å². The Morgan fingerprint density at radius 3 is 2.35 bits per heavy atom. The minimum absolute atomic E-state index is 0.0796. The summed E-state index contributed by atoms with van der Waals surface area (Å²) in [7, 11) is 3.37. The summed E-state index contributed by atoms with van der Waals surface area (Å²) in [6.07, 6.45) is 0. The number of aromatic nitrogens is 3. The lowest BCUT2D eigenvalue weighted by Gasteiger charge is -2.10. The molecule has 0 aliphatic heterocycles. The molecule has 0 radical (unpaired) electrons. The fourth-order valence-electron chi connectivity index (χ4n) is 1.59. The molecule has 0 saturated carbocycles. The van der Waals surface area contributed by atoms with Crippen LogP contribution in [0.2, 0.25) is 0 Å². The molecule has 1 aromatic carbocycles. The molecule has 20 heavy (non-hydrogen) atoms. The van der Waals surface area contributed by atoms with Crippen LogP contribution in [-0.2, 0) is 0 Å². The molecule has 1 heterocycles. The molecule has 2 N–H and O–H groups in total.